The molecule has 19 heavy (non-hydrogen) atoms. The maximum absolute atomic E-state index is 5.80. The van der Waals surface area contributed by atoms with Crippen LogP contribution in [0, 0.1) is 0 Å². The van der Waals surface area contributed by atoms with Gasteiger partial charge in [0.1, 0.15) is 5.52 Å². The van der Waals surface area contributed by atoms with Crippen molar-refractivity contribution in [3.63, 3.8) is 0 Å². The van der Waals surface area contributed by atoms with Crippen molar-refractivity contribution in [2.45, 2.75) is 19.4 Å². The molecule has 4 N–H and O–H groups in total. The highest BCUT2D eigenvalue weighted by molar-refractivity contribution is 6.02. The number of pyridine rings is 1. The van der Waals surface area contributed by atoms with E-state index in [0.29, 0.717) is 0 Å². The molecular weight excluding hydrogens is 238 g/mol. The Morgan fingerprint density at radius 3 is 2.84 bits per heavy atom. The molecule has 1 aromatic carbocycles. The summed E-state index contributed by atoms with van der Waals surface area (Å²) >= 11 is 0. The molecule has 5 heteroatoms. The topological polar surface area (TPSA) is 82.8 Å². The zero-order chi connectivity index (χ0) is 13.2. The van der Waals surface area contributed by atoms with Crippen molar-refractivity contribution in [1.29, 1.82) is 0 Å². The second-order valence-electron chi connectivity index (χ2n) is 4.70. The minimum absolute atomic E-state index is 0.728. The second-order valence-corrected chi connectivity index (χ2v) is 4.70. The van der Waals surface area contributed by atoms with E-state index in [2.05, 4.69) is 14.5 Å². The zero-order valence-electron chi connectivity index (χ0n) is 10.7. The van der Waals surface area contributed by atoms with Crippen LogP contribution in [0.5, 0.6) is 0 Å². The molecule has 0 saturated carbocycles. The Kier molecular flexibility index (Phi) is 3.05. The van der Waals surface area contributed by atoms with E-state index in [0.717, 1.165) is 53.6 Å². The average Bonchev–Trinajstić information content (AvgIpc) is 2.82. The standard InChI is InChI=1S/C14H17N5/c15-5-1-2-6-19-9-18-13-8-17-12-7-10(16)3-4-11(12)14(13)19/h3-4,7-9H,1-2,5-6,15-16H2. The van der Waals surface area contributed by atoms with Crippen LogP contribution in [0.3, 0.4) is 0 Å². The van der Waals surface area contributed by atoms with Crippen LogP contribution in [0.2, 0.25) is 0 Å². The van der Waals surface area contributed by atoms with Gasteiger partial charge in [-0.25, -0.2) is 4.98 Å². The Hall–Kier alpha value is -2.14. The van der Waals surface area contributed by atoms with E-state index in [9.17, 15) is 0 Å². The first-order chi connectivity index (χ1) is 9.29. The molecule has 0 amide bonds. The Bertz CT molecular complexity index is 716. The fourth-order valence-electron chi connectivity index (χ4n) is 2.37. The number of nitrogens with zero attached hydrogens (tertiary/aromatic N) is 3. The number of fused-ring (bicyclic) bond motifs is 3. The molecule has 0 fully saturated rings. The van der Waals surface area contributed by atoms with Gasteiger partial charge in [-0.3, -0.25) is 4.98 Å². The summed E-state index contributed by atoms with van der Waals surface area (Å²) in [7, 11) is 0. The van der Waals surface area contributed by atoms with Gasteiger partial charge in [0.05, 0.1) is 23.6 Å². The van der Waals surface area contributed by atoms with E-state index >= 15 is 0 Å². The van der Waals surface area contributed by atoms with Gasteiger partial charge in [-0.2, -0.15) is 0 Å². The smallest absolute Gasteiger partial charge is 0.107 e. The lowest BCUT2D eigenvalue weighted by molar-refractivity contribution is 0.627. The summed E-state index contributed by atoms with van der Waals surface area (Å²) in [5.41, 5.74) is 15.0. The molecule has 3 aromatic rings. The summed E-state index contributed by atoms with van der Waals surface area (Å²) < 4.78 is 2.17. The van der Waals surface area contributed by atoms with Crippen LogP contribution < -0.4 is 11.5 Å². The first-order valence-electron chi connectivity index (χ1n) is 6.49. The monoisotopic (exact) mass is 255 g/mol. The fraction of sp³-hybridized carbons (Fsp3) is 0.286. The Labute approximate surface area is 111 Å². The molecule has 0 unspecified atom stereocenters. The number of unbranched alkanes of at least 4 members (excludes halogenated alkanes) is 1. The van der Waals surface area contributed by atoms with Crippen LogP contribution in [0.25, 0.3) is 21.9 Å². The number of benzene rings is 1. The lowest BCUT2D eigenvalue weighted by Gasteiger charge is -2.06. The van der Waals surface area contributed by atoms with E-state index in [1.54, 1.807) is 6.20 Å². The van der Waals surface area contributed by atoms with Gasteiger partial charge in [-0.1, -0.05) is 0 Å². The number of nitrogens with two attached hydrogens (primary N) is 2. The summed E-state index contributed by atoms with van der Waals surface area (Å²) in [5, 5.41) is 1.09. The minimum atomic E-state index is 0.728. The van der Waals surface area contributed by atoms with Gasteiger partial charge in [0.15, 0.2) is 0 Å². The molecule has 0 spiro atoms. The van der Waals surface area contributed by atoms with Crippen LogP contribution in [-0.4, -0.2) is 21.1 Å². The van der Waals surface area contributed by atoms with E-state index < -0.39 is 0 Å². The van der Waals surface area contributed by atoms with Crippen molar-refractivity contribution in [2.24, 2.45) is 5.73 Å². The third-order valence-electron chi connectivity index (χ3n) is 3.32. The SMILES string of the molecule is NCCCCn1cnc2cnc3cc(N)ccc3c21. The second kappa shape index (κ2) is 4.85. The van der Waals surface area contributed by atoms with Crippen molar-refractivity contribution in [3.05, 3.63) is 30.7 Å². The number of anilines is 1. The van der Waals surface area contributed by atoms with Crippen LogP contribution in [-0.2, 0) is 6.54 Å². The van der Waals surface area contributed by atoms with Crippen molar-refractivity contribution >= 4 is 27.6 Å². The maximum atomic E-state index is 5.80. The third-order valence-corrected chi connectivity index (χ3v) is 3.32. The Morgan fingerprint density at radius 2 is 2.00 bits per heavy atom. The number of nitrogen functional groups attached to an aromatic ring is 1. The van der Waals surface area contributed by atoms with Crippen LogP contribution in [0.4, 0.5) is 5.69 Å². The number of rotatable bonds is 4. The zero-order valence-corrected chi connectivity index (χ0v) is 10.7. The molecule has 0 saturated heterocycles. The van der Waals surface area contributed by atoms with Crippen LogP contribution in [0.15, 0.2) is 30.7 Å². The molecule has 0 bridgehead atoms. The molecule has 0 atom stereocenters. The van der Waals surface area contributed by atoms with Gasteiger partial charge in [0, 0.05) is 17.6 Å². The first kappa shape index (κ1) is 11.9. The predicted molar refractivity (Wildman–Crippen MR) is 77.7 cm³/mol. The molecule has 0 radical (unpaired) electrons. The van der Waals surface area contributed by atoms with Crippen molar-refractivity contribution in [1.82, 2.24) is 14.5 Å². The fourth-order valence-corrected chi connectivity index (χ4v) is 2.37. The van der Waals surface area contributed by atoms with E-state index in [1.165, 1.54) is 0 Å². The van der Waals surface area contributed by atoms with E-state index in [-0.39, 0.29) is 0 Å². The molecule has 0 aliphatic carbocycles. The highest BCUT2D eigenvalue weighted by Crippen LogP contribution is 2.24. The number of hydrogen-bond donors (Lipinski definition) is 2. The molecule has 5 nitrogen and oxygen atoms in total. The number of imidazole rings is 1. The van der Waals surface area contributed by atoms with E-state index in [1.807, 2.05) is 24.5 Å². The van der Waals surface area contributed by atoms with Gasteiger partial charge in [-0.15, -0.1) is 0 Å². The van der Waals surface area contributed by atoms with Crippen molar-refractivity contribution in [2.75, 3.05) is 12.3 Å². The largest absolute Gasteiger partial charge is 0.399 e. The van der Waals surface area contributed by atoms with Gasteiger partial charge < -0.3 is 16.0 Å². The number of aryl methyl sites for hydroxylation is 1. The van der Waals surface area contributed by atoms with Crippen molar-refractivity contribution in [3.8, 4) is 0 Å². The molecule has 0 aliphatic heterocycles. The third kappa shape index (κ3) is 2.13. The Morgan fingerprint density at radius 1 is 1.11 bits per heavy atom. The molecule has 2 aromatic heterocycles. The molecule has 3 rings (SSSR count). The molecule has 98 valence electrons. The summed E-state index contributed by atoms with van der Waals surface area (Å²) in [6.07, 6.45) is 5.76. The average molecular weight is 255 g/mol. The lowest BCUT2D eigenvalue weighted by atomic mass is 10.1. The van der Waals surface area contributed by atoms with Crippen molar-refractivity contribution < 1.29 is 0 Å². The van der Waals surface area contributed by atoms with Gasteiger partial charge in [0.25, 0.3) is 0 Å². The molecular formula is C14H17N5. The summed E-state index contributed by atoms with van der Waals surface area (Å²) in [6, 6.07) is 5.81. The quantitative estimate of drug-likeness (QED) is 0.551. The lowest BCUT2D eigenvalue weighted by Crippen LogP contribution is -2.02. The number of aromatic nitrogens is 3. The van der Waals surface area contributed by atoms with Gasteiger partial charge in [0.2, 0.25) is 0 Å². The highest BCUT2D eigenvalue weighted by Gasteiger charge is 2.08. The Balaban J connectivity index is 2.13. The maximum Gasteiger partial charge on any atom is 0.107 e. The summed E-state index contributed by atoms with van der Waals surface area (Å²) in [6.45, 7) is 1.66. The van der Waals surface area contributed by atoms with Gasteiger partial charge in [-0.05, 0) is 37.6 Å². The molecule has 2 heterocycles. The number of hydrogen-bond acceptors (Lipinski definition) is 4. The van der Waals surface area contributed by atoms with Gasteiger partial charge >= 0.3 is 0 Å². The summed E-state index contributed by atoms with van der Waals surface area (Å²) in [5.74, 6) is 0. The van der Waals surface area contributed by atoms with Crippen LogP contribution in [0.1, 0.15) is 12.8 Å². The summed E-state index contributed by atoms with van der Waals surface area (Å²) in [4.78, 5) is 8.81. The minimum Gasteiger partial charge on any atom is -0.399 e. The highest BCUT2D eigenvalue weighted by atomic mass is 15.0. The first-order valence-corrected chi connectivity index (χ1v) is 6.49. The van der Waals surface area contributed by atoms with E-state index in [4.69, 9.17) is 11.5 Å². The normalized spacial score (nSPS) is 11.4. The predicted octanol–water partition coefficient (Wildman–Crippen LogP) is 1.91. The molecule has 0 aliphatic rings. The van der Waals surface area contributed by atoms with Crippen LogP contribution >= 0.6 is 0 Å².